The summed E-state index contributed by atoms with van der Waals surface area (Å²) in [6.45, 7) is 1.63. The SMILES string of the molecule is CNCc1ccc(CS(=O)(=O)NCCn2cccn2)cc1. The Morgan fingerprint density at radius 1 is 1.19 bits per heavy atom. The first-order valence-corrected chi connectivity index (χ1v) is 8.41. The lowest BCUT2D eigenvalue weighted by Crippen LogP contribution is -2.28. The fourth-order valence-electron chi connectivity index (χ4n) is 1.98. The van der Waals surface area contributed by atoms with Crippen LogP contribution in [0.2, 0.25) is 0 Å². The number of rotatable bonds is 8. The maximum Gasteiger partial charge on any atom is 0.215 e. The fraction of sp³-hybridized carbons (Fsp3) is 0.357. The van der Waals surface area contributed by atoms with Crippen LogP contribution in [0, 0.1) is 0 Å². The summed E-state index contributed by atoms with van der Waals surface area (Å²) < 4.78 is 28.2. The van der Waals surface area contributed by atoms with Crippen molar-refractivity contribution in [3.05, 3.63) is 53.9 Å². The van der Waals surface area contributed by atoms with Crippen molar-refractivity contribution in [3.8, 4) is 0 Å². The Labute approximate surface area is 125 Å². The van der Waals surface area contributed by atoms with E-state index in [0.29, 0.717) is 13.1 Å². The Bertz CT molecular complexity index is 636. The minimum absolute atomic E-state index is 0.00800. The number of aromatic nitrogens is 2. The summed E-state index contributed by atoms with van der Waals surface area (Å²) in [5.41, 5.74) is 1.91. The van der Waals surface area contributed by atoms with Gasteiger partial charge in [0, 0.05) is 25.5 Å². The van der Waals surface area contributed by atoms with Crippen molar-refractivity contribution in [1.29, 1.82) is 0 Å². The molecule has 0 atom stereocenters. The normalized spacial score (nSPS) is 11.7. The molecule has 2 aromatic rings. The van der Waals surface area contributed by atoms with Crippen molar-refractivity contribution in [3.63, 3.8) is 0 Å². The molecule has 0 aliphatic heterocycles. The zero-order chi connectivity index (χ0) is 15.1. The van der Waals surface area contributed by atoms with E-state index in [9.17, 15) is 8.42 Å². The van der Waals surface area contributed by atoms with Gasteiger partial charge < -0.3 is 5.32 Å². The van der Waals surface area contributed by atoms with Gasteiger partial charge in [0.2, 0.25) is 10.0 Å². The second kappa shape index (κ2) is 7.35. The Kier molecular flexibility index (Phi) is 5.49. The van der Waals surface area contributed by atoms with Crippen molar-refractivity contribution < 1.29 is 8.42 Å². The molecule has 2 N–H and O–H groups in total. The third kappa shape index (κ3) is 5.30. The number of hydrogen-bond acceptors (Lipinski definition) is 4. The molecule has 0 saturated heterocycles. The maximum absolute atomic E-state index is 12.0. The van der Waals surface area contributed by atoms with E-state index in [1.54, 1.807) is 23.1 Å². The van der Waals surface area contributed by atoms with Gasteiger partial charge in [-0.1, -0.05) is 24.3 Å². The van der Waals surface area contributed by atoms with Crippen LogP contribution in [0.1, 0.15) is 11.1 Å². The highest BCUT2D eigenvalue weighted by atomic mass is 32.2. The molecule has 114 valence electrons. The quantitative estimate of drug-likeness (QED) is 0.753. The van der Waals surface area contributed by atoms with Crippen LogP contribution < -0.4 is 10.0 Å². The molecule has 1 aromatic carbocycles. The molecule has 7 heteroatoms. The van der Waals surface area contributed by atoms with Gasteiger partial charge >= 0.3 is 0 Å². The third-order valence-corrected chi connectivity index (χ3v) is 4.34. The molecular formula is C14H20N4O2S. The molecule has 6 nitrogen and oxygen atoms in total. The van der Waals surface area contributed by atoms with Crippen LogP contribution in [0.5, 0.6) is 0 Å². The minimum Gasteiger partial charge on any atom is -0.316 e. The first-order valence-electron chi connectivity index (χ1n) is 6.76. The average molecular weight is 308 g/mol. The predicted octanol–water partition coefficient (Wildman–Crippen LogP) is 0.722. The largest absolute Gasteiger partial charge is 0.316 e. The molecule has 0 fully saturated rings. The number of hydrogen-bond donors (Lipinski definition) is 2. The van der Waals surface area contributed by atoms with Gasteiger partial charge in [0.15, 0.2) is 0 Å². The van der Waals surface area contributed by atoms with Crippen LogP contribution in [-0.2, 0) is 28.9 Å². The average Bonchev–Trinajstić information content (AvgIpc) is 2.94. The first kappa shape index (κ1) is 15.7. The van der Waals surface area contributed by atoms with E-state index in [1.165, 1.54) is 0 Å². The molecule has 0 saturated carbocycles. The smallest absolute Gasteiger partial charge is 0.215 e. The van der Waals surface area contributed by atoms with E-state index in [4.69, 9.17) is 0 Å². The molecule has 0 aliphatic carbocycles. The van der Waals surface area contributed by atoms with Gasteiger partial charge in [-0.15, -0.1) is 0 Å². The van der Waals surface area contributed by atoms with Crippen molar-refractivity contribution in [2.24, 2.45) is 0 Å². The fourth-order valence-corrected chi connectivity index (χ4v) is 3.11. The Morgan fingerprint density at radius 3 is 2.52 bits per heavy atom. The van der Waals surface area contributed by atoms with E-state index in [0.717, 1.165) is 17.7 Å². The Balaban J connectivity index is 1.85. The number of nitrogens with zero attached hydrogens (tertiary/aromatic N) is 2. The van der Waals surface area contributed by atoms with Gasteiger partial charge in [0.1, 0.15) is 0 Å². The minimum atomic E-state index is -3.32. The van der Waals surface area contributed by atoms with Crippen molar-refractivity contribution in [2.45, 2.75) is 18.8 Å². The summed E-state index contributed by atoms with van der Waals surface area (Å²) in [6.07, 6.45) is 3.47. The lowest BCUT2D eigenvalue weighted by atomic mass is 10.1. The molecule has 1 aromatic heterocycles. The van der Waals surface area contributed by atoms with E-state index < -0.39 is 10.0 Å². The predicted molar refractivity (Wildman–Crippen MR) is 82.1 cm³/mol. The lowest BCUT2D eigenvalue weighted by molar-refractivity contribution is 0.560. The van der Waals surface area contributed by atoms with E-state index >= 15 is 0 Å². The van der Waals surface area contributed by atoms with Gasteiger partial charge in [-0.3, -0.25) is 4.68 Å². The Morgan fingerprint density at radius 2 is 1.90 bits per heavy atom. The summed E-state index contributed by atoms with van der Waals surface area (Å²) in [6, 6.07) is 9.37. The standard InChI is InChI=1S/C14H20N4O2S/c1-15-11-13-3-5-14(6-4-13)12-21(19,20)17-8-10-18-9-2-7-16-18/h2-7,9,15,17H,8,10-12H2,1H3. The highest BCUT2D eigenvalue weighted by Crippen LogP contribution is 2.07. The summed E-state index contributed by atoms with van der Waals surface area (Å²) in [7, 11) is -1.44. The van der Waals surface area contributed by atoms with Crippen LogP contribution >= 0.6 is 0 Å². The summed E-state index contributed by atoms with van der Waals surface area (Å²) in [5, 5.41) is 7.08. The summed E-state index contributed by atoms with van der Waals surface area (Å²) >= 11 is 0. The summed E-state index contributed by atoms with van der Waals surface area (Å²) in [4.78, 5) is 0. The molecule has 1 heterocycles. The van der Waals surface area contributed by atoms with Crippen molar-refractivity contribution in [1.82, 2.24) is 19.8 Å². The lowest BCUT2D eigenvalue weighted by Gasteiger charge is -2.08. The molecule has 0 amide bonds. The van der Waals surface area contributed by atoms with Gasteiger partial charge in [-0.05, 0) is 24.2 Å². The molecular weight excluding hydrogens is 288 g/mol. The second-order valence-corrected chi connectivity index (χ2v) is 6.58. The maximum atomic E-state index is 12.0. The molecule has 0 bridgehead atoms. The van der Waals surface area contributed by atoms with Crippen LogP contribution in [0.25, 0.3) is 0 Å². The van der Waals surface area contributed by atoms with Gasteiger partial charge in [0.05, 0.1) is 12.3 Å². The van der Waals surface area contributed by atoms with E-state index in [1.807, 2.05) is 31.3 Å². The molecule has 0 aliphatic rings. The zero-order valence-electron chi connectivity index (χ0n) is 12.0. The van der Waals surface area contributed by atoms with Crippen LogP contribution in [0.4, 0.5) is 0 Å². The first-order chi connectivity index (χ1) is 10.1. The van der Waals surface area contributed by atoms with Gasteiger partial charge in [-0.25, -0.2) is 13.1 Å². The van der Waals surface area contributed by atoms with Crippen LogP contribution in [-0.4, -0.2) is 31.8 Å². The highest BCUT2D eigenvalue weighted by molar-refractivity contribution is 7.88. The number of sulfonamides is 1. The van der Waals surface area contributed by atoms with Crippen molar-refractivity contribution >= 4 is 10.0 Å². The van der Waals surface area contributed by atoms with E-state index in [-0.39, 0.29) is 5.75 Å². The molecule has 2 rings (SSSR count). The van der Waals surface area contributed by atoms with Gasteiger partial charge in [-0.2, -0.15) is 5.10 Å². The van der Waals surface area contributed by atoms with Crippen LogP contribution in [0.3, 0.4) is 0 Å². The molecule has 0 unspecified atom stereocenters. The zero-order valence-corrected chi connectivity index (χ0v) is 12.8. The molecule has 0 spiro atoms. The number of nitrogens with one attached hydrogen (secondary N) is 2. The van der Waals surface area contributed by atoms with Crippen LogP contribution in [0.15, 0.2) is 42.7 Å². The molecule has 0 radical (unpaired) electrons. The van der Waals surface area contributed by atoms with E-state index in [2.05, 4.69) is 15.1 Å². The summed E-state index contributed by atoms with van der Waals surface area (Å²) in [5.74, 6) is -0.00800. The Hall–Kier alpha value is -1.70. The third-order valence-electron chi connectivity index (χ3n) is 2.98. The second-order valence-electron chi connectivity index (χ2n) is 4.77. The molecule has 21 heavy (non-hydrogen) atoms. The number of benzene rings is 1. The van der Waals surface area contributed by atoms with Crippen molar-refractivity contribution in [2.75, 3.05) is 13.6 Å². The highest BCUT2D eigenvalue weighted by Gasteiger charge is 2.10. The monoisotopic (exact) mass is 308 g/mol. The topological polar surface area (TPSA) is 76.0 Å². The van der Waals surface area contributed by atoms with Gasteiger partial charge in [0.25, 0.3) is 0 Å².